The Morgan fingerprint density at radius 1 is 0.939 bits per heavy atom. The summed E-state index contributed by atoms with van der Waals surface area (Å²) in [6.07, 6.45) is 5.03. The molecule has 174 valence electrons. The minimum atomic E-state index is -0.466. The lowest BCUT2D eigenvalue weighted by Crippen LogP contribution is -2.21. The number of hydrogen-bond acceptors (Lipinski definition) is 5. The summed E-state index contributed by atoms with van der Waals surface area (Å²) in [6, 6.07) is 12.4. The van der Waals surface area contributed by atoms with Crippen LogP contribution < -0.4 is 10.1 Å². The minimum Gasteiger partial charge on any atom is -0.508 e. The fraction of sp³-hybridized carbons (Fsp3) is 0.370. The number of hydrogen-bond donors (Lipinski definition) is 2. The second kappa shape index (κ2) is 9.61. The fourth-order valence-electron chi connectivity index (χ4n) is 3.40. The van der Waals surface area contributed by atoms with E-state index in [4.69, 9.17) is 4.74 Å². The summed E-state index contributed by atoms with van der Waals surface area (Å²) < 4.78 is 6.33. The van der Waals surface area contributed by atoms with Crippen molar-refractivity contribution >= 4 is 11.9 Å². The molecule has 1 heterocycles. The highest BCUT2D eigenvalue weighted by Gasteiger charge is 2.27. The lowest BCUT2D eigenvalue weighted by Gasteiger charge is -2.30. The van der Waals surface area contributed by atoms with Gasteiger partial charge in [-0.05, 0) is 59.6 Å². The van der Waals surface area contributed by atoms with Gasteiger partial charge in [0.25, 0.3) is 5.91 Å². The van der Waals surface area contributed by atoms with Crippen molar-refractivity contribution in [1.29, 1.82) is 0 Å². The number of nitrogens with zero attached hydrogens (tertiary/aromatic N) is 2. The Bertz CT molecular complexity index is 1120. The van der Waals surface area contributed by atoms with Gasteiger partial charge in [-0.3, -0.25) is 10.1 Å². The quantitative estimate of drug-likeness (QED) is 0.406. The van der Waals surface area contributed by atoms with Gasteiger partial charge in [-0.25, -0.2) is 9.97 Å². The number of benzene rings is 2. The Kier molecular flexibility index (Phi) is 7.06. The minimum absolute atomic E-state index is 0.0318. The number of aromatic hydroxyl groups is 1. The highest BCUT2D eigenvalue weighted by atomic mass is 16.5. The molecule has 0 fully saturated rings. The first-order chi connectivity index (χ1) is 15.6. The van der Waals surface area contributed by atoms with Gasteiger partial charge in [-0.15, -0.1) is 0 Å². The van der Waals surface area contributed by atoms with Crippen LogP contribution in [0.25, 0.3) is 0 Å². The smallest absolute Gasteiger partial charge is 0.261 e. The van der Waals surface area contributed by atoms with Crippen LogP contribution in [-0.2, 0) is 10.8 Å². The topological polar surface area (TPSA) is 84.3 Å². The molecule has 6 heteroatoms. The van der Waals surface area contributed by atoms with Gasteiger partial charge >= 0.3 is 0 Å². The van der Waals surface area contributed by atoms with Crippen molar-refractivity contribution in [3.8, 4) is 17.2 Å². The zero-order valence-corrected chi connectivity index (χ0v) is 20.3. The van der Waals surface area contributed by atoms with Gasteiger partial charge in [0.1, 0.15) is 17.2 Å². The van der Waals surface area contributed by atoms with Crippen LogP contribution in [0.15, 0.2) is 54.9 Å². The van der Waals surface area contributed by atoms with Crippen molar-refractivity contribution in [3.63, 3.8) is 0 Å². The number of carbonyl (C=O) groups excluding carboxylic acids is 1. The Hall–Kier alpha value is -3.41. The van der Waals surface area contributed by atoms with Crippen LogP contribution >= 0.6 is 0 Å². The molecule has 0 aliphatic heterocycles. The van der Waals surface area contributed by atoms with E-state index < -0.39 is 5.91 Å². The molecule has 1 amide bonds. The Labute approximate surface area is 196 Å². The molecule has 3 aromatic rings. The molecule has 0 saturated carbocycles. The standard InChI is InChI=1S/C27H33N3O3/c1-7-26(3,4)18-10-12-23(21(16-18)27(5,6)8-2)33-22-13-11-19(31)17-20(22)24(32)30-25-28-14-9-15-29-25/h9-17,31H,7-8H2,1-6H3,(H,28,29,30,32). The highest BCUT2D eigenvalue weighted by Crippen LogP contribution is 2.41. The molecule has 0 aliphatic rings. The molecular weight excluding hydrogens is 414 g/mol. The number of amides is 1. The van der Waals surface area contributed by atoms with Crippen LogP contribution in [0, 0.1) is 0 Å². The van der Waals surface area contributed by atoms with Crippen LogP contribution in [0.2, 0.25) is 0 Å². The van der Waals surface area contributed by atoms with Crippen LogP contribution in [0.4, 0.5) is 5.95 Å². The number of anilines is 1. The van der Waals surface area contributed by atoms with E-state index in [9.17, 15) is 9.90 Å². The van der Waals surface area contributed by atoms with Crippen molar-refractivity contribution < 1.29 is 14.6 Å². The molecule has 1 aromatic heterocycles. The third-order valence-electron chi connectivity index (χ3n) is 6.48. The van der Waals surface area contributed by atoms with Crippen molar-refractivity contribution in [2.45, 2.75) is 65.2 Å². The molecule has 0 atom stereocenters. The van der Waals surface area contributed by atoms with Gasteiger partial charge in [0.15, 0.2) is 0 Å². The maximum Gasteiger partial charge on any atom is 0.261 e. The second-order valence-electron chi connectivity index (χ2n) is 9.49. The first kappa shape index (κ1) is 24.2. The van der Waals surface area contributed by atoms with Gasteiger partial charge in [-0.1, -0.05) is 53.7 Å². The van der Waals surface area contributed by atoms with Crippen molar-refractivity contribution in [3.05, 3.63) is 71.5 Å². The SMILES string of the molecule is CCC(C)(C)c1ccc(Oc2ccc(O)cc2C(=O)Nc2ncccn2)c(C(C)(C)CC)c1. The molecule has 0 spiro atoms. The number of ether oxygens (including phenoxy) is 1. The summed E-state index contributed by atoms with van der Waals surface area (Å²) in [7, 11) is 0. The Morgan fingerprint density at radius 2 is 1.58 bits per heavy atom. The molecule has 0 unspecified atom stereocenters. The zero-order valence-electron chi connectivity index (χ0n) is 20.3. The molecule has 0 radical (unpaired) electrons. The zero-order chi connectivity index (χ0) is 24.2. The molecule has 2 N–H and O–H groups in total. The van der Waals surface area contributed by atoms with Gasteiger partial charge < -0.3 is 9.84 Å². The molecule has 0 aliphatic carbocycles. The summed E-state index contributed by atoms with van der Waals surface area (Å²) in [5, 5.41) is 12.7. The summed E-state index contributed by atoms with van der Waals surface area (Å²) in [4.78, 5) is 21.0. The van der Waals surface area contributed by atoms with E-state index in [0.29, 0.717) is 11.5 Å². The Morgan fingerprint density at radius 3 is 2.21 bits per heavy atom. The molecule has 6 nitrogen and oxygen atoms in total. The Balaban J connectivity index is 2.03. The average molecular weight is 448 g/mol. The van der Waals surface area contributed by atoms with E-state index in [2.05, 4.69) is 69.0 Å². The molecule has 0 saturated heterocycles. The predicted octanol–water partition coefficient (Wildman–Crippen LogP) is 6.60. The third-order valence-corrected chi connectivity index (χ3v) is 6.48. The number of nitrogens with one attached hydrogen (secondary N) is 1. The first-order valence-corrected chi connectivity index (χ1v) is 11.3. The van der Waals surface area contributed by atoms with Gasteiger partial charge in [0, 0.05) is 18.0 Å². The summed E-state index contributed by atoms with van der Waals surface area (Å²) in [6.45, 7) is 13.2. The molecule has 2 aromatic carbocycles. The van der Waals surface area contributed by atoms with Gasteiger partial charge in [0.2, 0.25) is 5.95 Å². The maximum absolute atomic E-state index is 13.0. The third kappa shape index (κ3) is 5.51. The van der Waals surface area contributed by atoms with E-state index >= 15 is 0 Å². The van der Waals surface area contributed by atoms with Crippen LogP contribution in [0.3, 0.4) is 0 Å². The second-order valence-corrected chi connectivity index (χ2v) is 9.49. The summed E-state index contributed by atoms with van der Waals surface area (Å²) >= 11 is 0. The largest absolute Gasteiger partial charge is 0.508 e. The van der Waals surface area contributed by atoms with Crippen LogP contribution in [-0.4, -0.2) is 21.0 Å². The van der Waals surface area contributed by atoms with E-state index in [-0.39, 0.29) is 28.1 Å². The average Bonchev–Trinajstić information content (AvgIpc) is 2.80. The number of phenolic OH excluding ortho intramolecular Hbond substituents is 1. The van der Waals surface area contributed by atoms with Crippen LogP contribution in [0.1, 0.15) is 75.9 Å². The number of carbonyl (C=O) groups is 1. The van der Waals surface area contributed by atoms with E-state index in [1.165, 1.54) is 17.7 Å². The van der Waals surface area contributed by atoms with Crippen LogP contribution in [0.5, 0.6) is 17.2 Å². The van der Waals surface area contributed by atoms with Gasteiger partial charge in [-0.2, -0.15) is 0 Å². The number of phenols is 1. The molecular formula is C27H33N3O3. The fourth-order valence-corrected chi connectivity index (χ4v) is 3.40. The lowest BCUT2D eigenvalue weighted by atomic mass is 9.76. The monoisotopic (exact) mass is 447 g/mol. The molecule has 3 rings (SSSR count). The maximum atomic E-state index is 13.0. The predicted molar refractivity (Wildman–Crippen MR) is 131 cm³/mol. The first-order valence-electron chi connectivity index (χ1n) is 11.3. The molecule has 33 heavy (non-hydrogen) atoms. The lowest BCUT2D eigenvalue weighted by molar-refractivity contribution is 0.102. The summed E-state index contributed by atoms with van der Waals surface area (Å²) in [5.41, 5.74) is 2.43. The van der Waals surface area contributed by atoms with E-state index in [1.54, 1.807) is 24.5 Å². The molecule has 0 bridgehead atoms. The van der Waals surface area contributed by atoms with Crippen molar-refractivity contribution in [1.82, 2.24) is 9.97 Å². The van der Waals surface area contributed by atoms with Gasteiger partial charge in [0.05, 0.1) is 5.56 Å². The van der Waals surface area contributed by atoms with Crippen molar-refractivity contribution in [2.75, 3.05) is 5.32 Å². The number of aromatic nitrogens is 2. The normalized spacial score (nSPS) is 11.8. The number of rotatable bonds is 8. The summed E-state index contributed by atoms with van der Waals surface area (Å²) in [5.74, 6) is 0.712. The van der Waals surface area contributed by atoms with Crippen molar-refractivity contribution in [2.24, 2.45) is 0 Å². The van der Waals surface area contributed by atoms with E-state index in [1.807, 2.05) is 6.07 Å². The highest BCUT2D eigenvalue weighted by molar-refractivity contribution is 6.05. The van der Waals surface area contributed by atoms with E-state index in [0.717, 1.165) is 18.4 Å².